The summed E-state index contributed by atoms with van der Waals surface area (Å²) in [6.45, 7) is 7.00. The molecule has 0 spiro atoms. The third-order valence-corrected chi connectivity index (χ3v) is 1.34. The molecule has 13 heavy (non-hydrogen) atoms. The van der Waals surface area contributed by atoms with Crippen molar-refractivity contribution in [1.82, 2.24) is 0 Å². The van der Waals surface area contributed by atoms with Crippen molar-refractivity contribution in [2.24, 2.45) is 0 Å². The Bertz CT molecular complexity index is 194. The van der Waals surface area contributed by atoms with E-state index >= 15 is 0 Å². The predicted octanol–water partition coefficient (Wildman–Crippen LogP) is 1.86. The lowest BCUT2D eigenvalue weighted by atomic mass is 10.2. The SMILES string of the molecule is C=CCCC(=O)CC(=O)OC(C)C. The smallest absolute Gasteiger partial charge is 0.313 e. The Balaban J connectivity index is 3.65. The zero-order valence-electron chi connectivity index (χ0n) is 8.21. The van der Waals surface area contributed by atoms with Crippen molar-refractivity contribution in [1.29, 1.82) is 0 Å². The van der Waals surface area contributed by atoms with Gasteiger partial charge in [-0.1, -0.05) is 6.08 Å². The number of esters is 1. The summed E-state index contributed by atoms with van der Waals surface area (Å²) in [5.74, 6) is -0.533. The fourth-order valence-corrected chi connectivity index (χ4v) is 0.817. The average molecular weight is 184 g/mol. The minimum Gasteiger partial charge on any atom is -0.463 e. The molecule has 0 aliphatic rings. The molecule has 0 N–H and O–H groups in total. The topological polar surface area (TPSA) is 43.4 Å². The lowest BCUT2D eigenvalue weighted by molar-refractivity contribution is -0.149. The van der Waals surface area contributed by atoms with Crippen molar-refractivity contribution in [2.45, 2.75) is 39.2 Å². The molecule has 0 aliphatic carbocycles. The van der Waals surface area contributed by atoms with E-state index in [1.165, 1.54) is 0 Å². The van der Waals surface area contributed by atoms with Crippen LogP contribution >= 0.6 is 0 Å². The maximum absolute atomic E-state index is 11.0. The summed E-state index contributed by atoms with van der Waals surface area (Å²) < 4.78 is 4.82. The van der Waals surface area contributed by atoms with Crippen molar-refractivity contribution in [3.63, 3.8) is 0 Å². The fourth-order valence-electron chi connectivity index (χ4n) is 0.817. The van der Waals surface area contributed by atoms with Gasteiger partial charge in [-0.15, -0.1) is 6.58 Å². The molecule has 0 unspecified atom stereocenters. The van der Waals surface area contributed by atoms with E-state index in [0.717, 1.165) is 0 Å². The molecule has 0 aliphatic heterocycles. The molecule has 0 heterocycles. The number of ketones is 1. The number of hydrogen-bond acceptors (Lipinski definition) is 3. The third-order valence-electron chi connectivity index (χ3n) is 1.34. The highest BCUT2D eigenvalue weighted by Gasteiger charge is 2.10. The summed E-state index contributed by atoms with van der Waals surface area (Å²) in [5, 5.41) is 0. The van der Waals surface area contributed by atoms with Crippen LogP contribution in [0.15, 0.2) is 12.7 Å². The summed E-state index contributed by atoms with van der Waals surface area (Å²) in [6.07, 6.45) is 2.38. The van der Waals surface area contributed by atoms with Crippen LogP contribution in [-0.2, 0) is 14.3 Å². The maximum atomic E-state index is 11.0. The standard InChI is InChI=1S/C10H16O3/c1-4-5-6-9(11)7-10(12)13-8(2)3/h4,8H,1,5-7H2,2-3H3. The van der Waals surface area contributed by atoms with Crippen molar-refractivity contribution < 1.29 is 14.3 Å². The summed E-state index contributed by atoms with van der Waals surface area (Å²) in [7, 11) is 0. The highest BCUT2D eigenvalue weighted by atomic mass is 16.5. The molecule has 74 valence electrons. The third kappa shape index (κ3) is 7.25. The first-order valence-corrected chi connectivity index (χ1v) is 4.38. The Morgan fingerprint density at radius 1 is 1.46 bits per heavy atom. The average Bonchev–Trinajstić information content (AvgIpc) is 1.98. The van der Waals surface area contributed by atoms with Crippen LogP contribution in [-0.4, -0.2) is 17.9 Å². The Morgan fingerprint density at radius 2 is 2.08 bits per heavy atom. The summed E-state index contributed by atoms with van der Waals surface area (Å²) >= 11 is 0. The number of allylic oxidation sites excluding steroid dienone is 1. The van der Waals surface area contributed by atoms with Crippen LogP contribution in [0.2, 0.25) is 0 Å². The van der Waals surface area contributed by atoms with Crippen LogP contribution in [0, 0.1) is 0 Å². The van der Waals surface area contributed by atoms with E-state index < -0.39 is 5.97 Å². The molecular formula is C10H16O3. The van der Waals surface area contributed by atoms with E-state index in [1.54, 1.807) is 19.9 Å². The first-order chi connectivity index (χ1) is 6.06. The number of Topliss-reactive ketones (excluding diaryl/α,β-unsaturated/α-hetero) is 1. The Labute approximate surface area is 78.8 Å². The molecule has 0 amide bonds. The molecule has 0 aromatic carbocycles. The molecule has 0 saturated carbocycles. The van der Waals surface area contributed by atoms with Gasteiger partial charge < -0.3 is 4.74 Å². The number of carbonyl (C=O) groups excluding carboxylic acids is 2. The van der Waals surface area contributed by atoms with E-state index in [2.05, 4.69) is 6.58 Å². The van der Waals surface area contributed by atoms with Gasteiger partial charge in [-0.05, 0) is 20.3 Å². The minimum absolute atomic E-state index is 0.0921. The van der Waals surface area contributed by atoms with E-state index in [-0.39, 0.29) is 18.3 Å². The Hall–Kier alpha value is -1.12. The van der Waals surface area contributed by atoms with Gasteiger partial charge in [0, 0.05) is 6.42 Å². The second-order valence-corrected chi connectivity index (χ2v) is 3.08. The first kappa shape index (κ1) is 11.9. The van der Waals surface area contributed by atoms with Crippen molar-refractivity contribution >= 4 is 11.8 Å². The van der Waals surface area contributed by atoms with Gasteiger partial charge in [0.05, 0.1) is 6.10 Å². The van der Waals surface area contributed by atoms with Gasteiger partial charge in [0.15, 0.2) is 0 Å². The fraction of sp³-hybridized carbons (Fsp3) is 0.600. The van der Waals surface area contributed by atoms with E-state index in [9.17, 15) is 9.59 Å². The van der Waals surface area contributed by atoms with Crippen molar-refractivity contribution in [2.75, 3.05) is 0 Å². The van der Waals surface area contributed by atoms with Crippen LogP contribution in [0.3, 0.4) is 0 Å². The van der Waals surface area contributed by atoms with Crippen molar-refractivity contribution in [3.8, 4) is 0 Å². The summed E-state index contributed by atoms with van der Waals surface area (Å²) in [6, 6.07) is 0. The monoisotopic (exact) mass is 184 g/mol. The van der Waals surface area contributed by atoms with Gasteiger partial charge in [0.25, 0.3) is 0 Å². The highest BCUT2D eigenvalue weighted by molar-refractivity contribution is 5.95. The molecule has 0 saturated heterocycles. The van der Waals surface area contributed by atoms with E-state index in [1.807, 2.05) is 0 Å². The second kappa shape index (κ2) is 6.40. The molecule has 3 nitrogen and oxygen atoms in total. The number of rotatable bonds is 6. The Morgan fingerprint density at radius 3 is 2.54 bits per heavy atom. The molecule has 0 fully saturated rings. The van der Waals surface area contributed by atoms with E-state index in [0.29, 0.717) is 12.8 Å². The quantitative estimate of drug-likeness (QED) is 0.359. The van der Waals surface area contributed by atoms with Crippen LogP contribution in [0.4, 0.5) is 0 Å². The number of hydrogen-bond donors (Lipinski definition) is 0. The predicted molar refractivity (Wildman–Crippen MR) is 50.3 cm³/mol. The lowest BCUT2D eigenvalue weighted by Gasteiger charge is -2.06. The van der Waals surface area contributed by atoms with Crippen LogP contribution in [0.5, 0.6) is 0 Å². The summed E-state index contributed by atoms with van der Waals surface area (Å²) in [4.78, 5) is 22.0. The molecule has 0 atom stereocenters. The zero-order chi connectivity index (χ0) is 10.3. The molecule has 0 aromatic rings. The van der Waals surface area contributed by atoms with Crippen LogP contribution < -0.4 is 0 Å². The van der Waals surface area contributed by atoms with Gasteiger partial charge in [-0.3, -0.25) is 9.59 Å². The zero-order valence-corrected chi connectivity index (χ0v) is 8.21. The number of ether oxygens (including phenoxy) is 1. The molecule has 0 bridgehead atoms. The highest BCUT2D eigenvalue weighted by Crippen LogP contribution is 1.99. The summed E-state index contributed by atoms with van der Waals surface area (Å²) in [5.41, 5.74) is 0. The van der Waals surface area contributed by atoms with Gasteiger partial charge in [0.1, 0.15) is 12.2 Å². The molecule has 0 radical (unpaired) electrons. The van der Waals surface area contributed by atoms with E-state index in [4.69, 9.17) is 4.74 Å². The number of carbonyl (C=O) groups is 2. The Kier molecular flexibility index (Phi) is 5.85. The van der Waals surface area contributed by atoms with Crippen molar-refractivity contribution in [3.05, 3.63) is 12.7 Å². The lowest BCUT2D eigenvalue weighted by Crippen LogP contribution is -2.15. The van der Waals surface area contributed by atoms with Gasteiger partial charge >= 0.3 is 5.97 Å². The minimum atomic E-state index is -0.441. The maximum Gasteiger partial charge on any atom is 0.313 e. The molecule has 3 heteroatoms. The largest absolute Gasteiger partial charge is 0.463 e. The van der Waals surface area contributed by atoms with Gasteiger partial charge in [-0.2, -0.15) is 0 Å². The van der Waals surface area contributed by atoms with Gasteiger partial charge in [0.2, 0.25) is 0 Å². The molecule has 0 aromatic heterocycles. The second-order valence-electron chi connectivity index (χ2n) is 3.08. The van der Waals surface area contributed by atoms with Crippen LogP contribution in [0.1, 0.15) is 33.1 Å². The van der Waals surface area contributed by atoms with Gasteiger partial charge in [-0.25, -0.2) is 0 Å². The first-order valence-electron chi connectivity index (χ1n) is 4.38. The molecular weight excluding hydrogens is 168 g/mol. The normalized spacial score (nSPS) is 9.77. The van der Waals surface area contributed by atoms with Crippen LogP contribution in [0.25, 0.3) is 0 Å². The molecule has 0 rings (SSSR count).